The van der Waals surface area contributed by atoms with E-state index in [2.05, 4.69) is 35.9 Å². The topological polar surface area (TPSA) is 49.5 Å². The standard InChI is InChI=1S/C21H23ClN2O2/c1-3-24(4-2)21-18(14-15-8-6-5-7-9-15)23-20(26-21)19(25)16-10-12-17(22)13-11-16/h5-13,19,25H,3-4,14H2,1-2H3. The van der Waals surface area contributed by atoms with Crippen LogP contribution in [0.3, 0.4) is 0 Å². The van der Waals surface area contributed by atoms with Gasteiger partial charge in [0.2, 0.25) is 11.8 Å². The molecule has 26 heavy (non-hydrogen) atoms. The Hall–Kier alpha value is -2.30. The van der Waals surface area contributed by atoms with Crippen LogP contribution in [0.15, 0.2) is 59.0 Å². The molecule has 0 saturated carbocycles. The minimum absolute atomic E-state index is 0.306. The monoisotopic (exact) mass is 370 g/mol. The van der Waals surface area contributed by atoms with E-state index < -0.39 is 6.10 Å². The van der Waals surface area contributed by atoms with Gasteiger partial charge in [0.1, 0.15) is 5.69 Å². The number of oxazole rings is 1. The fraction of sp³-hybridized carbons (Fsp3) is 0.286. The maximum atomic E-state index is 10.7. The summed E-state index contributed by atoms with van der Waals surface area (Å²) in [6.45, 7) is 5.77. The van der Waals surface area contributed by atoms with Gasteiger partial charge in [0.25, 0.3) is 0 Å². The van der Waals surface area contributed by atoms with Crippen LogP contribution >= 0.6 is 11.6 Å². The largest absolute Gasteiger partial charge is 0.422 e. The summed E-state index contributed by atoms with van der Waals surface area (Å²) in [6, 6.07) is 17.2. The van der Waals surface area contributed by atoms with Crippen molar-refractivity contribution >= 4 is 17.5 Å². The Morgan fingerprint density at radius 2 is 1.69 bits per heavy atom. The fourth-order valence-electron chi connectivity index (χ4n) is 2.93. The molecular formula is C21H23ClN2O2. The van der Waals surface area contributed by atoms with Gasteiger partial charge in [-0.05, 0) is 37.1 Å². The lowest BCUT2D eigenvalue weighted by molar-refractivity contribution is 0.183. The van der Waals surface area contributed by atoms with Crippen molar-refractivity contribution in [3.63, 3.8) is 0 Å². The lowest BCUT2D eigenvalue weighted by atomic mass is 10.1. The number of aromatic nitrogens is 1. The molecule has 136 valence electrons. The van der Waals surface area contributed by atoms with E-state index in [9.17, 15) is 5.11 Å². The van der Waals surface area contributed by atoms with Crippen molar-refractivity contribution in [1.82, 2.24) is 4.98 Å². The zero-order valence-electron chi connectivity index (χ0n) is 15.0. The number of aliphatic hydroxyl groups excluding tert-OH is 1. The highest BCUT2D eigenvalue weighted by Gasteiger charge is 2.23. The molecule has 1 heterocycles. The van der Waals surface area contributed by atoms with Crippen LogP contribution < -0.4 is 4.90 Å². The Bertz CT molecular complexity index is 827. The van der Waals surface area contributed by atoms with Crippen LogP contribution in [-0.2, 0) is 6.42 Å². The zero-order chi connectivity index (χ0) is 18.5. The molecule has 1 atom stereocenters. The van der Waals surface area contributed by atoms with E-state index in [1.165, 1.54) is 0 Å². The molecule has 4 nitrogen and oxygen atoms in total. The average Bonchev–Trinajstić information content (AvgIpc) is 3.07. The predicted molar refractivity (Wildman–Crippen MR) is 105 cm³/mol. The van der Waals surface area contributed by atoms with Crippen LogP contribution in [0.2, 0.25) is 5.02 Å². The maximum absolute atomic E-state index is 10.7. The molecule has 1 aromatic heterocycles. The van der Waals surface area contributed by atoms with Gasteiger partial charge in [0, 0.05) is 24.5 Å². The highest BCUT2D eigenvalue weighted by Crippen LogP contribution is 2.30. The first-order valence-electron chi connectivity index (χ1n) is 8.84. The predicted octanol–water partition coefficient (Wildman–Crippen LogP) is 4.85. The maximum Gasteiger partial charge on any atom is 0.230 e. The van der Waals surface area contributed by atoms with Gasteiger partial charge in [0.15, 0.2) is 6.10 Å². The number of nitrogens with zero attached hydrogens (tertiary/aromatic N) is 2. The van der Waals surface area contributed by atoms with E-state index in [4.69, 9.17) is 16.0 Å². The minimum atomic E-state index is -0.925. The van der Waals surface area contributed by atoms with Gasteiger partial charge in [-0.1, -0.05) is 54.1 Å². The van der Waals surface area contributed by atoms with Crippen molar-refractivity contribution in [2.45, 2.75) is 26.4 Å². The lowest BCUT2D eigenvalue weighted by Crippen LogP contribution is -2.22. The molecule has 0 amide bonds. The summed E-state index contributed by atoms with van der Waals surface area (Å²) in [5.41, 5.74) is 2.69. The van der Waals surface area contributed by atoms with Gasteiger partial charge in [-0.3, -0.25) is 0 Å². The number of halogens is 1. The third-order valence-corrected chi connectivity index (χ3v) is 4.63. The molecule has 0 saturated heterocycles. The summed E-state index contributed by atoms with van der Waals surface area (Å²) in [4.78, 5) is 6.74. The first-order chi connectivity index (χ1) is 12.6. The number of aliphatic hydroxyl groups is 1. The Labute approximate surface area is 159 Å². The SMILES string of the molecule is CCN(CC)c1oc(C(O)c2ccc(Cl)cc2)nc1Cc1ccccc1. The van der Waals surface area contributed by atoms with Gasteiger partial charge >= 0.3 is 0 Å². The van der Waals surface area contributed by atoms with Gasteiger partial charge < -0.3 is 14.4 Å². The van der Waals surface area contributed by atoms with Crippen LogP contribution in [0.5, 0.6) is 0 Å². The summed E-state index contributed by atoms with van der Waals surface area (Å²) in [5.74, 6) is 1.03. The molecule has 3 rings (SSSR count). The zero-order valence-corrected chi connectivity index (χ0v) is 15.8. The fourth-order valence-corrected chi connectivity index (χ4v) is 3.05. The van der Waals surface area contributed by atoms with Crippen molar-refractivity contribution < 1.29 is 9.52 Å². The lowest BCUT2D eigenvalue weighted by Gasteiger charge is -2.18. The molecule has 0 aliphatic heterocycles. The van der Waals surface area contributed by atoms with Crippen molar-refractivity contribution in [1.29, 1.82) is 0 Å². The number of anilines is 1. The Kier molecular flexibility index (Phi) is 5.96. The van der Waals surface area contributed by atoms with Gasteiger partial charge in [-0.2, -0.15) is 0 Å². The number of benzene rings is 2. The molecule has 0 radical (unpaired) electrons. The van der Waals surface area contributed by atoms with E-state index in [1.807, 2.05) is 18.2 Å². The van der Waals surface area contributed by atoms with Crippen molar-refractivity contribution in [3.8, 4) is 0 Å². The summed E-state index contributed by atoms with van der Waals surface area (Å²) in [6.07, 6.45) is -0.269. The van der Waals surface area contributed by atoms with E-state index in [0.717, 1.165) is 30.2 Å². The molecular weight excluding hydrogens is 348 g/mol. The minimum Gasteiger partial charge on any atom is -0.422 e. The van der Waals surface area contributed by atoms with E-state index in [1.54, 1.807) is 24.3 Å². The number of rotatable bonds is 7. The molecule has 0 spiro atoms. The highest BCUT2D eigenvalue weighted by atomic mass is 35.5. The van der Waals surface area contributed by atoms with Crippen molar-refractivity contribution in [2.75, 3.05) is 18.0 Å². The van der Waals surface area contributed by atoms with Crippen LogP contribution in [0, 0.1) is 0 Å². The molecule has 0 bridgehead atoms. The molecule has 1 N–H and O–H groups in total. The molecule has 1 unspecified atom stereocenters. The second kappa shape index (κ2) is 8.39. The first kappa shape index (κ1) is 18.5. The van der Waals surface area contributed by atoms with Gasteiger partial charge in [0.05, 0.1) is 0 Å². The molecule has 2 aromatic carbocycles. The quantitative estimate of drug-likeness (QED) is 0.646. The summed E-state index contributed by atoms with van der Waals surface area (Å²) in [5, 5.41) is 11.3. The average molecular weight is 371 g/mol. The summed E-state index contributed by atoms with van der Waals surface area (Å²) >= 11 is 5.93. The van der Waals surface area contributed by atoms with Crippen LogP contribution in [0.4, 0.5) is 5.88 Å². The van der Waals surface area contributed by atoms with Crippen LogP contribution in [0.1, 0.15) is 42.7 Å². The summed E-state index contributed by atoms with van der Waals surface area (Å²) < 4.78 is 6.01. The van der Waals surface area contributed by atoms with E-state index in [-0.39, 0.29) is 0 Å². The molecule has 0 aliphatic rings. The van der Waals surface area contributed by atoms with E-state index in [0.29, 0.717) is 22.9 Å². The van der Waals surface area contributed by atoms with Crippen molar-refractivity contribution in [3.05, 3.63) is 82.3 Å². The van der Waals surface area contributed by atoms with Gasteiger partial charge in [-0.25, -0.2) is 4.98 Å². The molecule has 3 aromatic rings. The van der Waals surface area contributed by atoms with Crippen LogP contribution in [-0.4, -0.2) is 23.2 Å². The number of hydrogen-bond acceptors (Lipinski definition) is 4. The second-order valence-electron chi connectivity index (χ2n) is 6.09. The smallest absolute Gasteiger partial charge is 0.230 e. The number of hydrogen-bond donors (Lipinski definition) is 1. The Morgan fingerprint density at radius 1 is 1.04 bits per heavy atom. The Morgan fingerprint density at radius 3 is 2.31 bits per heavy atom. The molecule has 0 aliphatic carbocycles. The third kappa shape index (κ3) is 4.09. The second-order valence-corrected chi connectivity index (χ2v) is 6.53. The molecule has 0 fully saturated rings. The van der Waals surface area contributed by atoms with Crippen LogP contribution in [0.25, 0.3) is 0 Å². The van der Waals surface area contributed by atoms with Crippen molar-refractivity contribution in [2.24, 2.45) is 0 Å². The first-order valence-corrected chi connectivity index (χ1v) is 9.22. The molecule has 5 heteroatoms. The normalized spacial score (nSPS) is 12.2. The third-order valence-electron chi connectivity index (χ3n) is 4.38. The summed E-state index contributed by atoms with van der Waals surface area (Å²) in [7, 11) is 0. The van der Waals surface area contributed by atoms with Gasteiger partial charge in [-0.15, -0.1) is 0 Å². The van der Waals surface area contributed by atoms with E-state index >= 15 is 0 Å². The Balaban J connectivity index is 1.96. The highest BCUT2D eigenvalue weighted by molar-refractivity contribution is 6.30.